The van der Waals surface area contributed by atoms with Crippen molar-refractivity contribution in [1.82, 2.24) is 4.90 Å². The standard InChI is InChI=1S/C19H16F2N2O3/c1-22(10-11-24)17-16(12-2-4-13(20)5-3-12)18(25)23(19(17)26)15-8-6-14(21)7-9-15/h2-9,24H,10-11H2,1H3. The number of aliphatic hydroxyl groups excluding tert-OH is 1. The third kappa shape index (κ3) is 3.09. The zero-order chi connectivity index (χ0) is 18.8. The van der Waals surface area contributed by atoms with Crippen molar-refractivity contribution >= 4 is 23.1 Å². The predicted molar refractivity (Wildman–Crippen MR) is 91.9 cm³/mol. The fourth-order valence-corrected chi connectivity index (χ4v) is 2.84. The highest BCUT2D eigenvalue weighted by Crippen LogP contribution is 2.34. The molecule has 7 heteroatoms. The Bertz CT molecular complexity index is 877. The molecule has 0 saturated heterocycles. The van der Waals surface area contributed by atoms with Crippen molar-refractivity contribution in [2.45, 2.75) is 0 Å². The van der Waals surface area contributed by atoms with E-state index in [1.54, 1.807) is 7.05 Å². The molecule has 1 aliphatic rings. The SMILES string of the molecule is CN(CCO)C1=C(c2ccc(F)cc2)C(=O)N(c2ccc(F)cc2)C1=O. The summed E-state index contributed by atoms with van der Waals surface area (Å²) >= 11 is 0. The summed E-state index contributed by atoms with van der Waals surface area (Å²) in [7, 11) is 1.58. The Morgan fingerprint density at radius 2 is 1.46 bits per heavy atom. The van der Waals surface area contributed by atoms with Gasteiger partial charge in [0, 0.05) is 13.6 Å². The Morgan fingerprint density at radius 3 is 2.00 bits per heavy atom. The van der Waals surface area contributed by atoms with Crippen molar-refractivity contribution < 1.29 is 23.5 Å². The van der Waals surface area contributed by atoms with Gasteiger partial charge in [0.2, 0.25) is 0 Å². The zero-order valence-corrected chi connectivity index (χ0v) is 13.9. The van der Waals surface area contributed by atoms with Gasteiger partial charge in [0.05, 0.1) is 17.9 Å². The maximum Gasteiger partial charge on any atom is 0.282 e. The van der Waals surface area contributed by atoms with Crippen LogP contribution in [0, 0.1) is 11.6 Å². The monoisotopic (exact) mass is 358 g/mol. The van der Waals surface area contributed by atoms with E-state index in [0.717, 1.165) is 17.0 Å². The van der Waals surface area contributed by atoms with Crippen LogP contribution in [0.2, 0.25) is 0 Å². The van der Waals surface area contributed by atoms with Gasteiger partial charge < -0.3 is 10.0 Å². The van der Waals surface area contributed by atoms with Gasteiger partial charge in [-0.25, -0.2) is 13.7 Å². The van der Waals surface area contributed by atoms with Gasteiger partial charge in [-0.1, -0.05) is 12.1 Å². The molecule has 0 unspecified atom stereocenters. The lowest BCUT2D eigenvalue weighted by Crippen LogP contribution is -2.34. The molecular weight excluding hydrogens is 342 g/mol. The number of likely N-dealkylation sites (N-methyl/N-ethyl adjacent to an activating group) is 1. The number of hydrogen-bond donors (Lipinski definition) is 1. The van der Waals surface area contributed by atoms with E-state index in [-0.39, 0.29) is 30.1 Å². The van der Waals surface area contributed by atoms with Crippen LogP contribution in [-0.4, -0.2) is 42.0 Å². The van der Waals surface area contributed by atoms with Crippen LogP contribution in [0.1, 0.15) is 5.56 Å². The highest BCUT2D eigenvalue weighted by molar-refractivity contribution is 6.45. The fourth-order valence-electron chi connectivity index (χ4n) is 2.84. The first kappa shape index (κ1) is 17.8. The van der Waals surface area contributed by atoms with Gasteiger partial charge in [-0.2, -0.15) is 0 Å². The van der Waals surface area contributed by atoms with Crippen molar-refractivity contribution in [3.05, 3.63) is 71.4 Å². The summed E-state index contributed by atoms with van der Waals surface area (Å²) in [6.07, 6.45) is 0. The molecule has 2 amide bonds. The van der Waals surface area contributed by atoms with Gasteiger partial charge >= 0.3 is 0 Å². The Balaban J connectivity index is 2.11. The first-order valence-electron chi connectivity index (χ1n) is 7.90. The molecule has 1 aliphatic heterocycles. The van der Waals surface area contributed by atoms with Gasteiger partial charge in [-0.3, -0.25) is 9.59 Å². The number of halogens is 2. The molecule has 0 aromatic heterocycles. The molecule has 0 saturated carbocycles. The van der Waals surface area contributed by atoms with E-state index in [9.17, 15) is 23.5 Å². The maximum absolute atomic E-state index is 13.2. The molecule has 3 rings (SSSR count). The van der Waals surface area contributed by atoms with Crippen LogP contribution in [-0.2, 0) is 9.59 Å². The number of aliphatic hydroxyl groups is 1. The molecule has 0 atom stereocenters. The van der Waals surface area contributed by atoms with Gasteiger partial charge in [0.1, 0.15) is 17.3 Å². The number of hydrogen-bond acceptors (Lipinski definition) is 4. The molecular formula is C19H16F2N2O3. The summed E-state index contributed by atoms with van der Waals surface area (Å²) in [5, 5.41) is 9.19. The molecule has 1 N–H and O–H groups in total. The van der Waals surface area contributed by atoms with Crippen LogP contribution in [0.15, 0.2) is 54.2 Å². The molecule has 1 heterocycles. The lowest BCUT2D eigenvalue weighted by atomic mass is 10.0. The van der Waals surface area contributed by atoms with E-state index in [0.29, 0.717) is 5.56 Å². The van der Waals surface area contributed by atoms with E-state index in [1.807, 2.05) is 0 Å². The number of rotatable bonds is 5. The van der Waals surface area contributed by atoms with E-state index in [4.69, 9.17) is 0 Å². The summed E-state index contributed by atoms with van der Waals surface area (Å²) in [5.41, 5.74) is 0.817. The van der Waals surface area contributed by atoms with Crippen LogP contribution in [0.25, 0.3) is 5.57 Å². The van der Waals surface area contributed by atoms with E-state index in [2.05, 4.69) is 0 Å². The quantitative estimate of drug-likeness (QED) is 0.833. The number of carbonyl (C=O) groups is 2. The molecule has 0 bridgehead atoms. The number of benzene rings is 2. The molecule has 2 aromatic rings. The summed E-state index contributed by atoms with van der Waals surface area (Å²) in [6, 6.07) is 10.2. The average molecular weight is 358 g/mol. The number of anilines is 1. The summed E-state index contributed by atoms with van der Waals surface area (Å²) < 4.78 is 26.4. The second-order valence-corrected chi connectivity index (χ2v) is 5.80. The van der Waals surface area contributed by atoms with E-state index >= 15 is 0 Å². The number of imide groups is 1. The second-order valence-electron chi connectivity index (χ2n) is 5.80. The van der Waals surface area contributed by atoms with Crippen molar-refractivity contribution in [2.75, 3.05) is 25.1 Å². The van der Waals surface area contributed by atoms with Crippen LogP contribution >= 0.6 is 0 Å². The molecule has 0 aliphatic carbocycles. The van der Waals surface area contributed by atoms with Crippen molar-refractivity contribution in [1.29, 1.82) is 0 Å². The van der Waals surface area contributed by atoms with Crippen molar-refractivity contribution in [3.8, 4) is 0 Å². The smallest absolute Gasteiger partial charge is 0.282 e. The topological polar surface area (TPSA) is 60.9 Å². The third-order valence-electron chi connectivity index (χ3n) is 4.09. The second kappa shape index (κ2) is 7.05. The van der Waals surface area contributed by atoms with Gasteiger partial charge in [-0.15, -0.1) is 0 Å². The van der Waals surface area contributed by atoms with Crippen molar-refractivity contribution in [3.63, 3.8) is 0 Å². The van der Waals surface area contributed by atoms with Crippen LogP contribution in [0.5, 0.6) is 0 Å². The van der Waals surface area contributed by atoms with Gasteiger partial charge in [0.15, 0.2) is 0 Å². The largest absolute Gasteiger partial charge is 0.395 e. The minimum absolute atomic E-state index is 0.0972. The summed E-state index contributed by atoms with van der Waals surface area (Å²) in [4.78, 5) is 28.3. The Labute approximate surface area is 148 Å². The molecule has 2 aromatic carbocycles. The molecule has 0 spiro atoms. The lowest BCUT2D eigenvalue weighted by molar-refractivity contribution is -0.120. The Kier molecular flexibility index (Phi) is 4.81. The first-order chi connectivity index (χ1) is 12.4. The average Bonchev–Trinajstić information content (AvgIpc) is 2.88. The third-order valence-corrected chi connectivity index (χ3v) is 4.09. The molecule has 0 radical (unpaired) electrons. The summed E-state index contributed by atoms with van der Waals surface area (Å²) in [6.45, 7) is -0.0784. The van der Waals surface area contributed by atoms with E-state index in [1.165, 1.54) is 41.3 Å². The van der Waals surface area contributed by atoms with Gasteiger partial charge in [0.25, 0.3) is 11.8 Å². The van der Waals surface area contributed by atoms with Crippen molar-refractivity contribution in [2.24, 2.45) is 0 Å². The van der Waals surface area contributed by atoms with Crippen LogP contribution < -0.4 is 4.90 Å². The molecule has 5 nitrogen and oxygen atoms in total. The molecule has 26 heavy (non-hydrogen) atoms. The predicted octanol–water partition coefficient (Wildman–Crippen LogP) is 2.17. The Morgan fingerprint density at radius 1 is 0.923 bits per heavy atom. The number of amides is 2. The number of carbonyl (C=O) groups excluding carboxylic acids is 2. The minimum Gasteiger partial charge on any atom is -0.395 e. The minimum atomic E-state index is -0.590. The van der Waals surface area contributed by atoms with Gasteiger partial charge in [-0.05, 0) is 42.0 Å². The highest BCUT2D eigenvalue weighted by Gasteiger charge is 2.41. The number of nitrogens with zero attached hydrogens (tertiary/aromatic N) is 2. The fraction of sp³-hybridized carbons (Fsp3) is 0.158. The van der Waals surface area contributed by atoms with Crippen LogP contribution in [0.3, 0.4) is 0 Å². The zero-order valence-electron chi connectivity index (χ0n) is 13.9. The molecule has 134 valence electrons. The lowest BCUT2D eigenvalue weighted by Gasteiger charge is -2.20. The summed E-state index contributed by atoms with van der Waals surface area (Å²) in [5.74, 6) is -2.13. The van der Waals surface area contributed by atoms with E-state index < -0.39 is 23.4 Å². The van der Waals surface area contributed by atoms with Crippen LogP contribution in [0.4, 0.5) is 14.5 Å². The Hall–Kier alpha value is -3.06. The maximum atomic E-state index is 13.2. The molecule has 0 fully saturated rings. The highest BCUT2D eigenvalue weighted by atomic mass is 19.1. The normalized spacial score (nSPS) is 14.4. The first-order valence-corrected chi connectivity index (χ1v) is 7.90.